The van der Waals surface area contributed by atoms with Crippen molar-refractivity contribution in [3.05, 3.63) is 60.0 Å². The molecule has 1 amide bonds. The number of benzene rings is 2. The smallest absolute Gasteiger partial charge is 0.243 e. The number of hydrogen-bond donors (Lipinski definition) is 1. The number of anilines is 1. The number of rotatable bonds is 6. The molecular formula is C24H23N3O4S3. The summed E-state index contributed by atoms with van der Waals surface area (Å²) in [6, 6.07) is 16.6. The number of fused-ring (bicyclic) bond motifs is 1. The first kappa shape index (κ1) is 23.1. The third kappa shape index (κ3) is 4.63. The van der Waals surface area contributed by atoms with Gasteiger partial charge in [-0.3, -0.25) is 4.79 Å². The Morgan fingerprint density at radius 3 is 2.59 bits per heavy atom. The van der Waals surface area contributed by atoms with Crippen LogP contribution in [-0.4, -0.2) is 43.0 Å². The maximum absolute atomic E-state index is 13.0. The summed E-state index contributed by atoms with van der Waals surface area (Å²) < 4.78 is 33.2. The second kappa shape index (κ2) is 9.53. The van der Waals surface area contributed by atoms with E-state index in [0.29, 0.717) is 42.5 Å². The fourth-order valence-corrected chi connectivity index (χ4v) is 6.60. The lowest BCUT2D eigenvalue weighted by atomic mass is 9.97. The van der Waals surface area contributed by atoms with Gasteiger partial charge in [0.1, 0.15) is 11.3 Å². The molecule has 0 unspecified atom stereocenters. The van der Waals surface area contributed by atoms with Gasteiger partial charge < -0.3 is 9.73 Å². The van der Waals surface area contributed by atoms with E-state index >= 15 is 0 Å². The van der Waals surface area contributed by atoms with Crippen molar-refractivity contribution in [2.24, 2.45) is 5.92 Å². The lowest BCUT2D eigenvalue weighted by Gasteiger charge is -2.30. The van der Waals surface area contributed by atoms with Crippen LogP contribution in [0.25, 0.3) is 22.4 Å². The number of hydrogen-bond acceptors (Lipinski definition) is 7. The van der Waals surface area contributed by atoms with Gasteiger partial charge in [-0.1, -0.05) is 18.2 Å². The van der Waals surface area contributed by atoms with Gasteiger partial charge in [0.2, 0.25) is 15.9 Å². The number of nitrogens with zero attached hydrogens (tertiary/aromatic N) is 2. The molecule has 3 heterocycles. The van der Waals surface area contributed by atoms with Crippen LogP contribution >= 0.6 is 23.1 Å². The molecule has 0 saturated carbocycles. The van der Waals surface area contributed by atoms with Gasteiger partial charge in [-0.2, -0.15) is 4.31 Å². The van der Waals surface area contributed by atoms with Crippen molar-refractivity contribution in [2.75, 3.05) is 24.7 Å². The molecule has 0 atom stereocenters. The van der Waals surface area contributed by atoms with E-state index in [1.807, 2.05) is 54.1 Å². The van der Waals surface area contributed by atoms with E-state index in [9.17, 15) is 13.2 Å². The number of para-hydroxylation sites is 1. The molecule has 2 aromatic heterocycles. The van der Waals surface area contributed by atoms with E-state index < -0.39 is 10.0 Å². The Labute approximate surface area is 206 Å². The number of carbonyl (C=O) groups excluding carboxylic acids is 1. The number of nitrogens with one attached hydrogen (secondary N) is 1. The van der Waals surface area contributed by atoms with Crippen molar-refractivity contribution in [3.63, 3.8) is 0 Å². The molecule has 4 aromatic rings. The van der Waals surface area contributed by atoms with Crippen molar-refractivity contribution >= 4 is 55.1 Å². The van der Waals surface area contributed by atoms with Gasteiger partial charge in [-0.05, 0) is 55.5 Å². The fourth-order valence-electron chi connectivity index (χ4n) is 4.01. The van der Waals surface area contributed by atoms with Gasteiger partial charge in [-0.25, -0.2) is 13.4 Å². The maximum Gasteiger partial charge on any atom is 0.243 e. The molecule has 1 aliphatic heterocycles. The summed E-state index contributed by atoms with van der Waals surface area (Å²) in [5.41, 5.74) is 1.46. The summed E-state index contributed by atoms with van der Waals surface area (Å²) >= 11 is 2.91. The second-order valence-corrected chi connectivity index (χ2v) is 11.7. The minimum atomic E-state index is -3.56. The number of sulfonamides is 1. The summed E-state index contributed by atoms with van der Waals surface area (Å²) in [7, 11) is -3.56. The van der Waals surface area contributed by atoms with Crippen LogP contribution in [0, 0.1) is 5.92 Å². The highest BCUT2D eigenvalue weighted by Gasteiger charge is 2.32. The molecule has 2 aromatic carbocycles. The van der Waals surface area contributed by atoms with E-state index in [2.05, 4.69) is 10.3 Å². The highest BCUT2D eigenvalue weighted by atomic mass is 32.2. The van der Waals surface area contributed by atoms with Crippen LogP contribution in [0.15, 0.2) is 74.2 Å². The van der Waals surface area contributed by atoms with Crippen LogP contribution in [0.5, 0.6) is 0 Å². The van der Waals surface area contributed by atoms with Crippen molar-refractivity contribution < 1.29 is 17.6 Å². The number of thioether (sulfide) groups is 1. The molecule has 0 bridgehead atoms. The number of piperidine rings is 1. The molecule has 0 radical (unpaired) electrons. The van der Waals surface area contributed by atoms with Crippen LogP contribution in [0.2, 0.25) is 0 Å². The largest absolute Gasteiger partial charge is 0.454 e. The molecule has 0 spiro atoms. The Morgan fingerprint density at radius 2 is 1.88 bits per heavy atom. The first-order valence-electron chi connectivity index (χ1n) is 10.8. The Hall–Kier alpha value is -2.66. The standard InChI is InChI=1S/C24H23N3O4S3/c1-32-18-6-8-19(9-7-18)34(29,30)27-12-10-16(11-13-27)23(28)26-24-25-20(15-33-24)22-14-17-4-2-3-5-21(17)31-22/h2-9,14-16H,10-13H2,1H3,(H,25,26,28). The zero-order valence-corrected chi connectivity index (χ0v) is 20.9. The molecule has 7 nitrogen and oxygen atoms in total. The number of thiazole rings is 1. The lowest BCUT2D eigenvalue weighted by Crippen LogP contribution is -2.41. The average Bonchev–Trinajstić information content (AvgIpc) is 3.51. The molecule has 176 valence electrons. The molecule has 1 N–H and O–H groups in total. The number of aromatic nitrogens is 1. The summed E-state index contributed by atoms with van der Waals surface area (Å²) in [6.07, 6.45) is 2.89. The molecule has 5 rings (SSSR count). The zero-order chi connectivity index (χ0) is 23.7. The van der Waals surface area contributed by atoms with Crippen molar-refractivity contribution in [3.8, 4) is 11.5 Å². The molecule has 34 heavy (non-hydrogen) atoms. The molecule has 1 fully saturated rings. The van der Waals surface area contributed by atoms with E-state index in [-0.39, 0.29) is 16.7 Å². The monoisotopic (exact) mass is 513 g/mol. The fraction of sp³-hybridized carbons (Fsp3) is 0.250. The quantitative estimate of drug-likeness (QED) is 0.351. The Kier molecular flexibility index (Phi) is 6.48. The zero-order valence-electron chi connectivity index (χ0n) is 18.4. The topological polar surface area (TPSA) is 92.5 Å². The normalized spacial score (nSPS) is 15.6. The average molecular weight is 514 g/mol. The Balaban J connectivity index is 1.20. The van der Waals surface area contributed by atoms with Crippen molar-refractivity contribution in [2.45, 2.75) is 22.6 Å². The summed E-state index contributed by atoms with van der Waals surface area (Å²) in [5.74, 6) is 0.262. The number of carbonyl (C=O) groups is 1. The van der Waals surface area contributed by atoms with Gasteiger partial charge in [0.25, 0.3) is 0 Å². The highest BCUT2D eigenvalue weighted by Crippen LogP contribution is 2.31. The summed E-state index contributed by atoms with van der Waals surface area (Å²) in [5, 5.41) is 6.24. The van der Waals surface area contributed by atoms with Gasteiger partial charge in [0.05, 0.1) is 4.90 Å². The van der Waals surface area contributed by atoms with Crippen LogP contribution < -0.4 is 5.32 Å². The number of amides is 1. The Bertz CT molecular complexity index is 1390. The van der Waals surface area contributed by atoms with Crippen LogP contribution in [0.1, 0.15) is 12.8 Å². The summed E-state index contributed by atoms with van der Waals surface area (Å²) in [6.45, 7) is 0.625. The predicted molar refractivity (Wildman–Crippen MR) is 136 cm³/mol. The van der Waals surface area contributed by atoms with E-state index in [4.69, 9.17) is 4.42 Å². The lowest BCUT2D eigenvalue weighted by molar-refractivity contribution is -0.120. The minimum absolute atomic E-state index is 0.133. The van der Waals surface area contributed by atoms with Crippen molar-refractivity contribution in [1.82, 2.24) is 9.29 Å². The first-order chi connectivity index (χ1) is 16.4. The Morgan fingerprint density at radius 1 is 1.15 bits per heavy atom. The SMILES string of the molecule is CSc1ccc(S(=O)(=O)N2CCC(C(=O)Nc3nc(-c4cc5ccccc5o4)cs3)CC2)cc1. The number of furan rings is 1. The first-order valence-corrected chi connectivity index (χ1v) is 14.4. The van der Waals surface area contributed by atoms with Gasteiger partial charge >= 0.3 is 0 Å². The van der Waals surface area contributed by atoms with Gasteiger partial charge in [0, 0.05) is 34.7 Å². The van der Waals surface area contributed by atoms with Gasteiger partial charge in [0.15, 0.2) is 10.9 Å². The molecule has 1 saturated heterocycles. The second-order valence-electron chi connectivity index (χ2n) is 8.03. The summed E-state index contributed by atoms with van der Waals surface area (Å²) in [4.78, 5) is 18.6. The van der Waals surface area contributed by atoms with E-state index in [1.54, 1.807) is 23.9 Å². The molecule has 0 aliphatic carbocycles. The predicted octanol–water partition coefficient (Wildman–Crippen LogP) is 5.32. The van der Waals surface area contributed by atoms with Crippen molar-refractivity contribution in [1.29, 1.82) is 0 Å². The molecular weight excluding hydrogens is 490 g/mol. The van der Waals surface area contributed by atoms with E-state index in [1.165, 1.54) is 15.6 Å². The van der Waals surface area contributed by atoms with Crippen LogP contribution in [-0.2, 0) is 14.8 Å². The maximum atomic E-state index is 13.0. The van der Waals surface area contributed by atoms with Crippen LogP contribution in [0.4, 0.5) is 5.13 Å². The molecule has 1 aliphatic rings. The third-order valence-corrected chi connectivity index (χ3v) is 9.35. The third-order valence-electron chi connectivity index (χ3n) is 5.93. The van der Waals surface area contributed by atoms with Crippen LogP contribution in [0.3, 0.4) is 0 Å². The minimum Gasteiger partial charge on any atom is -0.454 e. The van der Waals surface area contributed by atoms with E-state index in [0.717, 1.165) is 15.9 Å². The molecule has 10 heteroatoms. The highest BCUT2D eigenvalue weighted by molar-refractivity contribution is 7.98. The van der Waals surface area contributed by atoms with Gasteiger partial charge in [-0.15, -0.1) is 23.1 Å².